The SMILES string of the molecule is CC(C)(CNC(=O)c1ccsc1)c1ccsc1. The van der Waals surface area contributed by atoms with Crippen LogP contribution in [0.4, 0.5) is 0 Å². The highest BCUT2D eigenvalue weighted by Gasteiger charge is 2.22. The minimum atomic E-state index is -0.0221. The van der Waals surface area contributed by atoms with E-state index in [1.165, 1.54) is 16.9 Å². The summed E-state index contributed by atoms with van der Waals surface area (Å²) in [6.07, 6.45) is 0. The molecule has 0 atom stereocenters. The molecule has 1 N–H and O–H groups in total. The zero-order valence-corrected chi connectivity index (χ0v) is 11.5. The van der Waals surface area contributed by atoms with Crippen LogP contribution in [-0.4, -0.2) is 12.5 Å². The average molecular weight is 265 g/mol. The largest absolute Gasteiger partial charge is 0.351 e. The van der Waals surface area contributed by atoms with E-state index in [2.05, 4.69) is 36.0 Å². The van der Waals surface area contributed by atoms with E-state index in [0.29, 0.717) is 6.54 Å². The first-order chi connectivity index (χ1) is 8.09. The number of carbonyl (C=O) groups is 1. The lowest BCUT2D eigenvalue weighted by Gasteiger charge is -2.24. The fourth-order valence-electron chi connectivity index (χ4n) is 1.55. The summed E-state index contributed by atoms with van der Waals surface area (Å²) in [7, 11) is 0. The zero-order chi connectivity index (χ0) is 12.3. The molecule has 2 nitrogen and oxygen atoms in total. The summed E-state index contributed by atoms with van der Waals surface area (Å²) in [5.74, 6) is 0.00885. The predicted octanol–water partition coefficient (Wildman–Crippen LogP) is 3.52. The van der Waals surface area contributed by atoms with Crippen LogP contribution in [0.3, 0.4) is 0 Å². The number of thiophene rings is 2. The molecular weight excluding hydrogens is 250 g/mol. The van der Waals surface area contributed by atoms with E-state index < -0.39 is 0 Å². The smallest absolute Gasteiger partial charge is 0.252 e. The Morgan fingerprint density at radius 3 is 2.53 bits per heavy atom. The van der Waals surface area contributed by atoms with Crippen LogP contribution in [-0.2, 0) is 5.41 Å². The highest BCUT2D eigenvalue weighted by molar-refractivity contribution is 7.08. The molecule has 0 bridgehead atoms. The first kappa shape index (κ1) is 12.3. The van der Waals surface area contributed by atoms with Gasteiger partial charge in [-0.15, -0.1) is 0 Å². The molecule has 0 aliphatic heterocycles. The standard InChI is InChI=1S/C13H15NOS2/c1-13(2,11-4-6-17-8-11)9-14-12(15)10-3-5-16-7-10/h3-8H,9H2,1-2H3,(H,14,15). The van der Waals surface area contributed by atoms with E-state index in [1.807, 2.05) is 16.8 Å². The average Bonchev–Trinajstić information content (AvgIpc) is 2.97. The maximum absolute atomic E-state index is 11.8. The van der Waals surface area contributed by atoms with Crippen molar-refractivity contribution in [1.29, 1.82) is 0 Å². The molecule has 17 heavy (non-hydrogen) atoms. The van der Waals surface area contributed by atoms with Gasteiger partial charge in [0.25, 0.3) is 5.91 Å². The highest BCUT2D eigenvalue weighted by atomic mass is 32.1. The van der Waals surface area contributed by atoms with E-state index in [4.69, 9.17) is 0 Å². The van der Waals surface area contributed by atoms with Crippen molar-refractivity contribution in [2.45, 2.75) is 19.3 Å². The van der Waals surface area contributed by atoms with Crippen molar-refractivity contribution in [2.24, 2.45) is 0 Å². The van der Waals surface area contributed by atoms with Crippen LogP contribution in [0.15, 0.2) is 33.7 Å². The van der Waals surface area contributed by atoms with Gasteiger partial charge < -0.3 is 5.32 Å². The van der Waals surface area contributed by atoms with E-state index in [9.17, 15) is 4.79 Å². The number of hydrogen-bond acceptors (Lipinski definition) is 3. The first-order valence-corrected chi connectivity index (χ1v) is 7.31. The molecule has 0 saturated heterocycles. The van der Waals surface area contributed by atoms with Crippen molar-refractivity contribution in [2.75, 3.05) is 6.54 Å². The minimum Gasteiger partial charge on any atom is -0.351 e. The Bertz CT molecular complexity index is 472. The molecule has 2 aromatic rings. The molecule has 90 valence electrons. The second-order valence-electron chi connectivity index (χ2n) is 4.59. The summed E-state index contributed by atoms with van der Waals surface area (Å²) in [4.78, 5) is 11.8. The van der Waals surface area contributed by atoms with Gasteiger partial charge in [0, 0.05) is 22.9 Å². The quantitative estimate of drug-likeness (QED) is 0.900. The summed E-state index contributed by atoms with van der Waals surface area (Å²) < 4.78 is 0. The maximum atomic E-state index is 11.8. The Balaban J connectivity index is 1.96. The molecule has 2 rings (SSSR count). The number of rotatable bonds is 4. The van der Waals surface area contributed by atoms with Gasteiger partial charge >= 0.3 is 0 Å². The van der Waals surface area contributed by atoms with Crippen LogP contribution in [0.25, 0.3) is 0 Å². The molecule has 0 radical (unpaired) electrons. The molecular formula is C13H15NOS2. The lowest BCUT2D eigenvalue weighted by atomic mass is 9.86. The third-order valence-corrected chi connectivity index (χ3v) is 4.14. The van der Waals surface area contributed by atoms with Crippen LogP contribution in [0, 0.1) is 0 Å². The third-order valence-electron chi connectivity index (χ3n) is 2.78. The molecule has 0 aromatic carbocycles. The fourth-order valence-corrected chi connectivity index (χ4v) is 3.03. The predicted molar refractivity (Wildman–Crippen MR) is 74.0 cm³/mol. The van der Waals surface area contributed by atoms with Gasteiger partial charge in [-0.05, 0) is 33.8 Å². The number of nitrogens with one attached hydrogen (secondary N) is 1. The first-order valence-electron chi connectivity index (χ1n) is 5.43. The van der Waals surface area contributed by atoms with Crippen LogP contribution in [0.5, 0.6) is 0 Å². The summed E-state index contributed by atoms with van der Waals surface area (Å²) in [5.41, 5.74) is 2.00. The zero-order valence-electron chi connectivity index (χ0n) is 9.90. The Hall–Kier alpha value is -1.13. The Morgan fingerprint density at radius 2 is 1.94 bits per heavy atom. The molecule has 2 aromatic heterocycles. The van der Waals surface area contributed by atoms with Crippen LogP contribution >= 0.6 is 22.7 Å². The number of hydrogen-bond donors (Lipinski definition) is 1. The Morgan fingerprint density at radius 1 is 1.24 bits per heavy atom. The van der Waals surface area contributed by atoms with Crippen LogP contribution in [0.1, 0.15) is 29.8 Å². The molecule has 0 fully saturated rings. The molecule has 4 heteroatoms. The van der Waals surface area contributed by atoms with E-state index in [-0.39, 0.29) is 11.3 Å². The summed E-state index contributed by atoms with van der Waals surface area (Å²) in [5, 5.41) is 11.0. The highest BCUT2D eigenvalue weighted by Crippen LogP contribution is 2.24. The van der Waals surface area contributed by atoms with Gasteiger partial charge in [-0.25, -0.2) is 0 Å². The van der Waals surface area contributed by atoms with Crippen molar-refractivity contribution < 1.29 is 4.79 Å². The molecule has 0 aliphatic carbocycles. The van der Waals surface area contributed by atoms with Gasteiger partial charge in [-0.3, -0.25) is 4.79 Å². The van der Waals surface area contributed by atoms with Gasteiger partial charge in [0.15, 0.2) is 0 Å². The summed E-state index contributed by atoms with van der Waals surface area (Å²) in [6.45, 7) is 4.93. The molecule has 0 unspecified atom stereocenters. The molecule has 1 amide bonds. The van der Waals surface area contributed by atoms with Gasteiger partial charge in [0.2, 0.25) is 0 Å². The van der Waals surface area contributed by atoms with Gasteiger partial charge in [0.1, 0.15) is 0 Å². The van der Waals surface area contributed by atoms with Crippen molar-refractivity contribution in [1.82, 2.24) is 5.32 Å². The van der Waals surface area contributed by atoms with E-state index >= 15 is 0 Å². The third kappa shape index (κ3) is 2.96. The van der Waals surface area contributed by atoms with Crippen molar-refractivity contribution in [3.05, 3.63) is 44.8 Å². The van der Waals surface area contributed by atoms with Gasteiger partial charge in [-0.2, -0.15) is 22.7 Å². The molecule has 0 spiro atoms. The topological polar surface area (TPSA) is 29.1 Å². The maximum Gasteiger partial charge on any atom is 0.252 e. The van der Waals surface area contributed by atoms with Crippen molar-refractivity contribution in [3.8, 4) is 0 Å². The minimum absolute atomic E-state index is 0.00885. The lowest BCUT2D eigenvalue weighted by Crippen LogP contribution is -2.36. The Labute approximate surface area is 109 Å². The second-order valence-corrected chi connectivity index (χ2v) is 6.15. The molecule has 0 aliphatic rings. The number of amides is 1. The molecule has 2 heterocycles. The second kappa shape index (κ2) is 5.02. The molecule has 0 saturated carbocycles. The lowest BCUT2D eigenvalue weighted by molar-refractivity contribution is 0.0946. The normalized spacial score (nSPS) is 11.4. The van der Waals surface area contributed by atoms with Crippen molar-refractivity contribution in [3.63, 3.8) is 0 Å². The number of carbonyl (C=O) groups excluding carboxylic acids is 1. The monoisotopic (exact) mass is 265 g/mol. The summed E-state index contributed by atoms with van der Waals surface area (Å²) in [6, 6.07) is 3.96. The Kier molecular flexibility index (Phi) is 3.64. The van der Waals surface area contributed by atoms with Crippen LogP contribution in [0.2, 0.25) is 0 Å². The fraction of sp³-hybridized carbons (Fsp3) is 0.308. The van der Waals surface area contributed by atoms with Crippen molar-refractivity contribution >= 4 is 28.6 Å². The summed E-state index contributed by atoms with van der Waals surface area (Å²) >= 11 is 3.23. The van der Waals surface area contributed by atoms with Gasteiger partial charge in [0.05, 0.1) is 0 Å². The van der Waals surface area contributed by atoms with Crippen LogP contribution < -0.4 is 5.32 Å². The van der Waals surface area contributed by atoms with E-state index in [1.54, 1.807) is 11.3 Å². The van der Waals surface area contributed by atoms with E-state index in [0.717, 1.165) is 5.56 Å². The van der Waals surface area contributed by atoms with Gasteiger partial charge in [-0.1, -0.05) is 13.8 Å².